The van der Waals surface area contributed by atoms with E-state index >= 15 is 0 Å². The first kappa shape index (κ1) is 7.16. The molecule has 2 aromatic heterocycles. The van der Waals surface area contributed by atoms with E-state index < -0.39 is 0 Å². The van der Waals surface area contributed by atoms with Gasteiger partial charge in [0.15, 0.2) is 5.76 Å². The molecule has 0 saturated carbocycles. The molecule has 0 aliphatic carbocycles. The fourth-order valence-corrected chi connectivity index (χ4v) is 1.21. The van der Waals surface area contributed by atoms with E-state index in [-0.39, 0.29) is 0 Å². The van der Waals surface area contributed by atoms with E-state index in [0.717, 1.165) is 17.9 Å². The van der Waals surface area contributed by atoms with Gasteiger partial charge in [-0.05, 0) is 18.6 Å². The minimum atomic E-state index is 0.851. The second kappa shape index (κ2) is 2.85. The van der Waals surface area contributed by atoms with Crippen LogP contribution in [-0.4, -0.2) is 10.2 Å². The van der Waals surface area contributed by atoms with Crippen molar-refractivity contribution in [2.75, 3.05) is 0 Å². The fourth-order valence-electron chi connectivity index (χ4n) is 1.21. The van der Waals surface area contributed by atoms with Crippen molar-refractivity contribution in [2.45, 2.75) is 13.3 Å². The van der Waals surface area contributed by atoms with Crippen LogP contribution in [0.4, 0.5) is 0 Å². The topological polar surface area (TPSA) is 41.8 Å². The minimum Gasteiger partial charge on any atom is -0.463 e. The molecule has 0 fully saturated rings. The highest BCUT2D eigenvalue weighted by Gasteiger charge is 2.07. The van der Waals surface area contributed by atoms with E-state index in [2.05, 4.69) is 17.1 Å². The van der Waals surface area contributed by atoms with Crippen LogP contribution in [-0.2, 0) is 6.42 Å². The first-order valence-corrected chi connectivity index (χ1v) is 3.98. The maximum Gasteiger partial charge on any atom is 0.151 e. The van der Waals surface area contributed by atoms with Gasteiger partial charge in [-0.3, -0.25) is 5.10 Å². The predicted molar refractivity (Wildman–Crippen MR) is 45.7 cm³/mol. The Morgan fingerprint density at radius 1 is 1.58 bits per heavy atom. The Hall–Kier alpha value is -1.51. The van der Waals surface area contributed by atoms with Gasteiger partial charge in [0, 0.05) is 5.56 Å². The molecule has 0 spiro atoms. The van der Waals surface area contributed by atoms with Crippen LogP contribution in [0.5, 0.6) is 0 Å². The highest BCUT2D eigenvalue weighted by atomic mass is 16.3. The van der Waals surface area contributed by atoms with E-state index in [4.69, 9.17) is 4.42 Å². The Bertz CT molecular complexity index is 348. The minimum absolute atomic E-state index is 0.851. The van der Waals surface area contributed by atoms with E-state index in [1.54, 1.807) is 6.26 Å². The molecule has 2 rings (SSSR count). The van der Waals surface area contributed by atoms with Crippen molar-refractivity contribution in [1.82, 2.24) is 10.2 Å². The summed E-state index contributed by atoms with van der Waals surface area (Å²) in [6, 6.07) is 3.79. The molecular weight excluding hydrogens is 152 g/mol. The van der Waals surface area contributed by atoms with Gasteiger partial charge in [-0.15, -0.1) is 0 Å². The standard InChI is InChI=1S/C9H10N2O/c1-2-7-6-10-11-9(7)8-4-3-5-12-8/h3-6H,2H2,1H3,(H,10,11). The lowest BCUT2D eigenvalue weighted by Crippen LogP contribution is -1.80. The molecule has 62 valence electrons. The fraction of sp³-hybridized carbons (Fsp3) is 0.222. The molecule has 0 atom stereocenters. The SMILES string of the molecule is CCc1cn[nH]c1-c1ccco1. The van der Waals surface area contributed by atoms with Gasteiger partial charge in [0.1, 0.15) is 5.69 Å². The summed E-state index contributed by atoms with van der Waals surface area (Å²) in [5, 5.41) is 6.88. The van der Waals surface area contributed by atoms with E-state index in [0.29, 0.717) is 0 Å². The molecule has 1 N–H and O–H groups in total. The lowest BCUT2D eigenvalue weighted by molar-refractivity contribution is 0.579. The van der Waals surface area contributed by atoms with Crippen molar-refractivity contribution in [3.63, 3.8) is 0 Å². The number of hydrogen-bond acceptors (Lipinski definition) is 2. The molecule has 0 unspecified atom stereocenters. The van der Waals surface area contributed by atoms with Gasteiger partial charge in [0.05, 0.1) is 12.5 Å². The summed E-state index contributed by atoms with van der Waals surface area (Å²) in [4.78, 5) is 0. The molecule has 0 amide bonds. The molecule has 0 aliphatic heterocycles. The molecule has 3 heteroatoms. The largest absolute Gasteiger partial charge is 0.463 e. The predicted octanol–water partition coefficient (Wildman–Crippen LogP) is 2.23. The average Bonchev–Trinajstić information content (AvgIpc) is 2.74. The normalized spacial score (nSPS) is 10.4. The molecule has 0 bridgehead atoms. The van der Waals surface area contributed by atoms with Gasteiger partial charge in [-0.2, -0.15) is 5.10 Å². The first-order valence-electron chi connectivity index (χ1n) is 3.98. The molecule has 2 heterocycles. The van der Waals surface area contributed by atoms with Gasteiger partial charge in [0.25, 0.3) is 0 Å². The first-order chi connectivity index (χ1) is 5.92. The maximum absolute atomic E-state index is 5.25. The van der Waals surface area contributed by atoms with Crippen LogP contribution in [0.1, 0.15) is 12.5 Å². The van der Waals surface area contributed by atoms with E-state index in [1.165, 1.54) is 5.56 Å². The molecule has 2 aromatic rings. The summed E-state index contributed by atoms with van der Waals surface area (Å²) in [6.07, 6.45) is 4.46. The van der Waals surface area contributed by atoms with Crippen molar-refractivity contribution >= 4 is 0 Å². The summed E-state index contributed by atoms with van der Waals surface area (Å²) in [6.45, 7) is 2.09. The Labute approximate surface area is 70.4 Å². The van der Waals surface area contributed by atoms with Gasteiger partial charge in [0.2, 0.25) is 0 Å². The Balaban J connectivity index is 2.46. The lowest BCUT2D eigenvalue weighted by Gasteiger charge is -1.94. The average molecular weight is 162 g/mol. The number of aromatic amines is 1. The van der Waals surface area contributed by atoms with Crippen LogP contribution in [0.3, 0.4) is 0 Å². The van der Waals surface area contributed by atoms with Crippen molar-refractivity contribution in [3.8, 4) is 11.5 Å². The number of nitrogens with zero attached hydrogens (tertiary/aromatic N) is 1. The van der Waals surface area contributed by atoms with Crippen LogP contribution in [0, 0.1) is 0 Å². The number of H-pyrrole nitrogens is 1. The lowest BCUT2D eigenvalue weighted by atomic mass is 10.2. The van der Waals surface area contributed by atoms with Crippen LogP contribution in [0.15, 0.2) is 29.0 Å². The van der Waals surface area contributed by atoms with Crippen molar-refractivity contribution in [1.29, 1.82) is 0 Å². The quantitative estimate of drug-likeness (QED) is 0.735. The summed E-state index contributed by atoms with van der Waals surface area (Å²) >= 11 is 0. The molecule has 12 heavy (non-hydrogen) atoms. The third-order valence-corrected chi connectivity index (χ3v) is 1.87. The summed E-state index contributed by atoms with van der Waals surface area (Å²) in [5.74, 6) is 0.851. The Kier molecular flexibility index (Phi) is 1.70. The second-order valence-corrected chi connectivity index (χ2v) is 2.60. The molecule has 0 aromatic carbocycles. The van der Waals surface area contributed by atoms with Crippen LogP contribution >= 0.6 is 0 Å². The smallest absolute Gasteiger partial charge is 0.151 e. The third-order valence-electron chi connectivity index (χ3n) is 1.87. The van der Waals surface area contributed by atoms with E-state index in [1.807, 2.05) is 18.3 Å². The van der Waals surface area contributed by atoms with Crippen molar-refractivity contribution < 1.29 is 4.42 Å². The Morgan fingerprint density at radius 3 is 3.17 bits per heavy atom. The number of aryl methyl sites for hydroxylation is 1. The maximum atomic E-state index is 5.25. The molecule has 0 saturated heterocycles. The number of aromatic nitrogens is 2. The highest BCUT2D eigenvalue weighted by Crippen LogP contribution is 2.21. The zero-order chi connectivity index (χ0) is 8.39. The molecule has 3 nitrogen and oxygen atoms in total. The van der Waals surface area contributed by atoms with Crippen LogP contribution in [0.2, 0.25) is 0 Å². The second-order valence-electron chi connectivity index (χ2n) is 2.60. The number of rotatable bonds is 2. The van der Waals surface area contributed by atoms with Gasteiger partial charge in [-0.25, -0.2) is 0 Å². The number of nitrogens with one attached hydrogen (secondary N) is 1. The zero-order valence-electron chi connectivity index (χ0n) is 6.87. The summed E-state index contributed by atoms with van der Waals surface area (Å²) in [7, 11) is 0. The molecular formula is C9H10N2O. The number of furan rings is 1. The van der Waals surface area contributed by atoms with Gasteiger partial charge < -0.3 is 4.42 Å². The van der Waals surface area contributed by atoms with Crippen molar-refractivity contribution in [3.05, 3.63) is 30.2 Å². The third kappa shape index (κ3) is 1.03. The summed E-state index contributed by atoms with van der Waals surface area (Å²) < 4.78 is 5.25. The summed E-state index contributed by atoms with van der Waals surface area (Å²) in [5.41, 5.74) is 2.17. The van der Waals surface area contributed by atoms with Gasteiger partial charge in [-0.1, -0.05) is 6.92 Å². The van der Waals surface area contributed by atoms with Gasteiger partial charge >= 0.3 is 0 Å². The molecule has 0 aliphatic rings. The van der Waals surface area contributed by atoms with Crippen LogP contribution < -0.4 is 0 Å². The zero-order valence-corrected chi connectivity index (χ0v) is 6.87. The van der Waals surface area contributed by atoms with Crippen LogP contribution in [0.25, 0.3) is 11.5 Å². The van der Waals surface area contributed by atoms with E-state index in [9.17, 15) is 0 Å². The monoisotopic (exact) mass is 162 g/mol. The van der Waals surface area contributed by atoms with Crippen molar-refractivity contribution in [2.24, 2.45) is 0 Å². The number of hydrogen-bond donors (Lipinski definition) is 1. The molecule has 0 radical (unpaired) electrons. The highest BCUT2D eigenvalue weighted by molar-refractivity contribution is 5.55. The Morgan fingerprint density at radius 2 is 2.50 bits per heavy atom.